The monoisotopic (exact) mass is 428 g/mol. The van der Waals surface area contributed by atoms with Crippen LogP contribution in [0.2, 0.25) is 0 Å². The molecule has 2 aliphatic rings. The Balaban J connectivity index is 0.000000401. The second-order valence-corrected chi connectivity index (χ2v) is 8.23. The quantitative estimate of drug-likeness (QED) is 0.691. The van der Waals surface area contributed by atoms with E-state index in [4.69, 9.17) is 15.2 Å². The van der Waals surface area contributed by atoms with Gasteiger partial charge in [-0.05, 0) is 56.4 Å². The van der Waals surface area contributed by atoms with Crippen molar-refractivity contribution in [2.45, 2.75) is 65.3 Å². The fraction of sp³-hybridized carbons (Fsp3) is 0.500. The molecular weight excluding hydrogens is 396 g/mol. The van der Waals surface area contributed by atoms with Gasteiger partial charge in [0.25, 0.3) is 0 Å². The highest BCUT2D eigenvalue weighted by Gasteiger charge is 2.23. The Morgan fingerprint density at radius 1 is 1.13 bits per heavy atom. The predicted octanol–water partition coefficient (Wildman–Crippen LogP) is 4.74. The molecule has 4 rings (SSSR count). The molecular formula is C24H32N2O5. The number of carboxylic acid groups (broad SMARTS) is 1. The van der Waals surface area contributed by atoms with Crippen molar-refractivity contribution in [3.05, 3.63) is 35.5 Å². The van der Waals surface area contributed by atoms with Gasteiger partial charge in [-0.2, -0.15) is 0 Å². The third-order valence-electron chi connectivity index (χ3n) is 5.93. The number of aromatic nitrogens is 1. The molecule has 1 aliphatic heterocycles. The molecule has 0 radical (unpaired) electrons. The molecule has 0 saturated heterocycles. The summed E-state index contributed by atoms with van der Waals surface area (Å²) >= 11 is 0. The SMILES string of the molecule is CCCC(N)=O.Cc1c(C(=O)O)cc(-c2ccc3c(c2)OCO3)n1CC1CCCCC1. The summed E-state index contributed by atoms with van der Waals surface area (Å²) in [6.45, 7) is 4.94. The van der Waals surface area contributed by atoms with Gasteiger partial charge in [0.1, 0.15) is 0 Å². The molecule has 1 aromatic carbocycles. The summed E-state index contributed by atoms with van der Waals surface area (Å²) in [5, 5.41) is 9.55. The maximum Gasteiger partial charge on any atom is 0.337 e. The molecule has 0 bridgehead atoms. The number of carbonyl (C=O) groups is 2. The number of nitrogens with zero attached hydrogens (tertiary/aromatic N) is 1. The van der Waals surface area contributed by atoms with Crippen LogP contribution >= 0.6 is 0 Å². The van der Waals surface area contributed by atoms with E-state index in [1.807, 2.05) is 32.0 Å². The van der Waals surface area contributed by atoms with E-state index in [0.717, 1.165) is 41.4 Å². The fourth-order valence-electron chi connectivity index (χ4n) is 4.27. The zero-order valence-electron chi connectivity index (χ0n) is 18.4. The summed E-state index contributed by atoms with van der Waals surface area (Å²) in [4.78, 5) is 21.5. The number of rotatable bonds is 6. The number of amides is 1. The molecule has 1 fully saturated rings. The lowest BCUT2D eigenvalue weighted by Gasteiger charge is -2.24. The van der Waals surface area contributed by atoms with Crippen molar-refractivity contribution < 1.29 is 24.2 Å². The Morgan fingerprint density at radius 2 is 1.84 bits per heavy atom. The van der Waals surface area contributed by atoms with Gasteiger partial charge in [-0.15, -0.1) is 0 Å². The minimum Gasteiger partial charge on any atom is -0.478 e. The van der Waals surface area contributed by atoms with Crippen LogP contribution in [0, 0.1) is 12.8 Å². The first-order chi connectivity index (χ1) is 14.9. The van der Waals surface area contributed by atoms with Gasteiger partial charge in [0.2, 0.25) is 12.7 Å². The molecule has 168 valence electrons. The Morgan fingerprint density at radius 3 is 2.45 bits per heavy atom. The average molecular weight is 429 g/mol. The van der Waals surface area contributed by atoms with Gasteiger partial charge >= 0.3 is 5.97 Å². The molecule has 0 atom stereocenters. The van der Waals surface area contributed by atoms with Crippen molar-refractivity contribution in [3.63, 3.8) is 0 Å². The Bertz CT molecular complexity index is 928. The summed E-state index contributed by atoms with van der Waals surface area (Å²) < 4.78 is 13.0. The van der Waals surface area contributed by atoms with Crippen molar-refractivity contribution in [3.8, 4) is 22.8 Å². The molecule has 1 amide bonds. The van der Waals surface area contributed by atoms with Gasteiger partial charge in [0.15, 0.2) is 11.5 Å². The highest BCUT2D eigenvalue weighted by atomic mass is 16.7. The number of ether oxygens (including phenoxy) is 2. The van der Waals surface area contributed by atoms with Crippen LogP contribution < -0.4 is 15.2 Å². The van der Waals surface area contributed by atoms with Gasteiger partial charge < -0.3 is 24.9 Å². The van der Waals surface area contributed by atoms with Crippen molar-refractivity contribution in [1.29, 1.82) is 0 Å². The largest absolute Gasteiger partial charge is 0.478 e. The summed E-state index contributed by atoms with van der Waals surface area (Å²) in [7, 11) is 0. The Labute approximate surface area is 183 Å². The first kappa shape index (κ1) is 22.7. The second-order valence-electron chi connectivity index (χ2n) is 8.23. The molecule has 1 saturated carbocycles. The lowest BCUT2D eigenvalue weighted by molar-refractivity contribution is -0.118. The van der Waals surface area contributed by atoms with Crippen LogP contribution in [-0.2, 0) is 11.3 Å². The van der Waals surface area contributed by atoms with Gasteiger partial charge in [-0.25, -0.2) is 4.79 Å². The van der Waals surface area contributed by atoms with E-state index in [9.17, 15) is 14.7 Å². The van der Waals surface area contributed by atoms with E-state index in [1.54, 1.807) is 6.07 Å². The van der Waals surface area contributed by atoms with Crippen molar-refractivity contribution >= 4 is 11.9 Å². The first-order valence-electron chi connectivity index (χ1n) is 11.0. The molecule has 1 aromatic heterocycles. The average Bonchev–Trinajstić information content (AvgIpc) is 3.33. The van der Waals surface area contributed by atoms with Crippen molar-refractivity contribution in [2.24, 2.45) is 11.7 Å². The minimum atomic E-state index is -0.873. The van der Waals surface area contributed by atoms with E-state index in [0.29, 0.717) is 17.9 Å². The third kappa shape index (κ3) is 5.60. The highest BCUT2D eigenvalue weighted by molar-refractivity contribution is 5.91. The van der Waals surface area contributed by atoms with Crippen molar-refractivity contribution in [2.75, 3.05) is 6.79 Å². The van der Waals surface area contributed by atoms with Gasteiger partial charge in [0, 0.05) is 29.9 Å². The summed E-state index contributed by atoms with van der Waals surface area (Å²) in [6, 6.07) is 7.61. The third-order valence-corrected chi connectivity index (χ3v) is 5.93. The Hall–Kier alpha value is -2.96. The summed E-state index contributed by atoms with van der Waals surface area (Å²) in [6.07, 6.45) is 7.68. The lowest BCUT2D eigenvalue weighted by Crippen LogP contribution is -2.16. The van der Waals surface area contributed by atoms with Crippen LogP contribution in [0.1, 0.15) is 67.9 Å². The second kappa shape index (κ2) is 10.4. The highest BCUT2D eigenvalue weighted by Crippen LogP contribution is 2.38. The molecule has 2 aromatic rings. The molecule has 7 heteroatoms. The van der Waals surface area contributed by atoms with Gasteiger partial charge in [0.05, 0.1) is 5.56 Å². The predicted molar refractivity (Wildman–Crippen MR) is 118 cm³/mol. The normalized spacial score (nSPS) is 15.3. The number of primary amides is 1. The molecule has 7 nitrogen and oxygen atoms in total. The van der Waals surface area contributed by atoms with E-state index < -0.39 is 5.97 Å². The molecule has 31 heavy (non-hydrogen) atoms. The van der Waals surface area contributed by atoms with Gasteiger partial charge in [-0.3, -0.25) is 4.79 Å². The van der Waals surface area contributed by atoms with Crippen molar-refractivity contribution in [1.82, 2.24) is 4.57 Å². The summed E-state index contributed by atoms with van der Waals surface area (Å²) in [5.74, 6) is 0.996. The first-order valence-corrected chi connectivity index (χ1v) is 11.0. The fourth-order valence-corrected chi connectivity index (χ4v) is 4.27. The number of hydrogen-bond donors (Lipinski definition) is 2. The molecule has 1 aliphatic carbocycles. The lowest BCUT2D eigenvalue weighted by atomic mass is 9.89. The van der Waals surface area contributed by atoms with Crippen LogP contribution in [0.5, 0.6) is 11.5 Å². The standard InChI is InChI=1S/C20H23NO4.C4H9NO/c1-13-16(20(22)23)10-17(21(13)11-14-5-3-2-4-6-14)15-7-8-18-19(9-15)25-12-24-18;1-2-3-4(5)6/h7-10,14H,2-6,11-12H2,1H3,(H,22,23);2-3H2,1H3,(H2,5,6). The number of carbonyl (C=O) groups excluding carboxylic acids is 1. The van der Waals surface area contributed by atoms with Crippen LogP contribution in [0.15, 0.2) is 24.3 Å². The van der Waals surface area contributed by atoms with Crippen LogP contribution in [0.4, 0.5) is 0 Å². The number of aromatic carboxylic acids is 1. The maximum atomic E-state index is 11.6. The number of hydrogen-bond acceptors (Lipinski definition) is 4. The van der Waals surface area contributed by atoms with E-state index >= 15 is 0 Å². The van der Waals surface area contributed by atoms with Crippen LogP contribution in [0.3, 0.4) is 0 Å². The van der Waals surface area contributed by atoms with Crippen LogP contribution in [0.25, 0.3) is 11.3 Å². The van der Waals surface area contributed by atoms with Crippen LogP contribution in [-0.4, -0.2) is 28.3 Å². The summed E-state index contributed by atoms with van der Waals surface area (Å²) in [5.41, 5.74) is 7.88. The minimum absolute atomic E-state index is 0.211. The van der Waals surface area contributed by atoms with E-state index in [-0.39, 0.29) is 12.7 Å². The van der Waals surface area contributed by atoms with E-state index in [2.05, 4.69) is 4.57 Å². The molecule has 3 N–H and O–H groups in total. The smallest absolute Gasteiger partial charge is 0.337 e. The molecule has 2 heterocycles. The zero-order valence-corrected chi connectivity index (χ0v) is 18.4. The van der Waals surface area contributed by atoms with Gasteiger partial charge in [-0.1, -0.05) is 26.2 Å². The number of benzene rings is 1. The topological polar surface area (TPSA) is 104 Å². The van der Waals surface area contributed by atoms with E-state index in [1.165, 1.54) is 32.1 Å². The maximum absolute atomic E-state index is 11.6. The molecule has 0 unspecified atom stereocenters. The Kier molecular flexibility index (Phi) is 7.60. The number of fused-ring (bicyclic) bond motifs is 1. The number of carboxylic acids is 1. The zero-order chi connectivity index (χ0) is 22.4. The molecule has 0 spiro atoms. The number of nitrogens with two attached hydrogens (primary N) is 1.